The molecule has 0 heterocycles. The van der Waals surface area contributed by atoms with Crippen LogP contribution in [-0.2, 0) is 10.1 Å². The zero-order valence-electron chi connectivity index (χ0n) is 12.3. The van der Waals surface area contributed by atoms with Crippen molar-refractivity contribution in [3.05, 3.63) is 71.3 Å². The molecular weight excluding hydrogens is 300 g/mol. The number of aryl methyl sites for hydroxylation is 1. The normalized spacial score (nSPS) is 11.5. The summed E-state index contributed by atoms with van der Waals surface area (Å²) in [5.41, 5.74) is 2.50. The van der Waals surface area contributed by atoms with Crippen LogP contribution in [0.25, 0.3) is 6.08 Å². The van der Waals surface area contributed by atoms with Gasteiger partial charge in [0.2, 0.25) is 0 Å². The van der Waals surface area contributed by atoms with Gasteiger partial charge in [0.25, 0.3) is 0 Å². The van der Waals surface area contributed by atoms with Gasteiger partial charge in [-0.05, 0) is 30.7 Å². The largest absolute Gasteiger partial charge is 0.383 e. The van der Waals surface area contributed by atoms with Crippen LogP contribution >= 0.6 is 0 Å². The van der Waals surface area contributed by atoms with Crippen LogP contribution in [-0.4, -0.2) is 20.5 Å². The minimum Gasteiger partial charge on any atom is -0.383 e. The van der Waals surface area contributed by atoms with Crippen LogP contribution in [0.15, 0.2) is 54.6 Å². The van der Waals surface area contributed by atoms with E-state index in [1.54, 1.807) is 30.3 Å². The molecule has 0 saturated heterocycles. The van der Waals surface area contributed by atoms with E-state index in [9.17, 15) is 13.2 Å². The second kappa shape index (κ2) is 6.58. The zero-order valence-corrected chi connectivity index (χ0v) is 13.1. The van der Waals surface area contributed by atoms with E-state index in [-0.39, 0.29) is 11.5 Å². The lowest BCUT2D eigenvalue weighted by atomic mass is 10.1. The molecule has 22 heavy (non-hydrogen) atoms. The highest BCUT2D eigenvalue weighted by Crippen LogP contribution is 2.15. The second-order valence-corrected chi connectivity index (χ2v) is 6.50. The fourth-order valence-corrected chi connectivity index (χ4v) is 2.26. The maximum absolute atomic E-state index is 12.0. The molecule has 0 saturated carbocycles. The molecule has 0 radical (unpaired) electrons. The van der Waals surface area contributed by atoms with E-state index in [0.29, 0.717) is 5.56 Å². The van der Waals surface area contributed by atoms with Gasteiger partial charge in [-0.25, -0.2) is 0 Å². The molecule has 0 amide bonds. The van der Waals surface area contributed by atoms with Crippen molar-refractivity contribution in [2.45, 2.75) is 6.92 Å². The molecular formula is C17H16O4S. The summed E-state index contributed by atoms with van der Waals surface area (Å²) >= 11 is 0. The Balaban J connectivity index is 2.07. The van der Waals surface area contributed by atoms with Gasteiger partial charge in [0.05, 0.1) is 6.26 Å². The number of benzene rings is 2. The highest BCUT2D eigenvalue weighted by atomic mass is 32.2. The third kappa shape index (κ3) is 4.86. The van der Waals surface area contributed by atoms with Crippen molar-refractivity contribution in [3.8, 4) is 5.75 Å². The molecule has 0 aromatic heterocycles. The Labute approximate surface area is 130 Å². The number of rotatable bonds is 5. The van der Waals surface area contributed by atoms with Crippen LogP contribution in [0.4, 0.5) is 0 Å². The summed E-state index contributed by atoms with van der Waals surface area (Å²) in [6.07, 6.45) is 4.14. The van der Waals surface area contributed by atoms with E-state index in [1.807, 2.05) is 19.1 Å². The average Bonchev–Trinajstić information content (AvgIpc) is 2.45. The minimum atomic E-state index is -3.53. The average molecular weight is 316 g/mol. The van der Waals surface area contributed by atoms with Gasteiger partial charge in [-0.15, -0.1) is 0 Å². The van der Waals surface area contributed by atoms with Crippen LogP contribution in [0.2, 0.25) is 0 Å². The monoisotopic (exact) mass is 316 g/mol. The predicted molar refractivity (Wildman–Crippen MR) is 86.5 cm³/mol. The molecule has 0 aliphatic rings. The van der Waals surface area contributed by atoms with Gasteiger partial charge < -0.3 is 4.18 Å². The van der Waals surface area contributed by atoms with Crippen LogP contribution in [0.1, 0.15) is 21.5 Å². The van der Waals surface area contributed by atoms with Crippen LogP contribution < -0.4 is 4.18 Å². The molecule has 0 atom stereocenters. The van der Waals surface area contributed by atoms with Crippen molar-refractivity contribution < 1.29 is 17.4 Å². The standard InChI is InChI=1S/C17H16O4S/c1-13-3-8-15(9-4-13)17(18)12-7-14-5-10-16(11-6-14)21-22(2,19)20/h3-12H,1-2H3/b12-7+. The van der Waals surface area contributed by atoms with Gasteiger partial charge in [-0.1, -0.05) is 48.0 Å². The molecule has 0 N–H and O–H groups in total. The molecule has 5 heteroatoms. The third-order valence-corrected chi connectivity index (χ3v) is 3.39. The SMILES string of the molecule is Cc1ccc(C(=O)/C=C/c2ccc(OS(C)(=O)=O)cc2)cc1. The fraction of sp³-hybridized carbons (Fsp3) is 0.118. The number of ketones is 1. The minimum absolute atomic E-state index is 0.0866. The summed E-state index contributed by atoms with van der Waals surface area (Å²) in [5, 5.41) is 0. The molecule has 2 aromatic rings. The molecule has 0 aliphatic heterocycles. The van der Waals surface area contributed by atoms with Gasteiger partial charge >= 0.3 is 10.1 Å². The Morgan fingerprint density at radius 3 is 2.14 bits per heavy atom. The third-order valence-electron chi connectivity index (χ3n) is 2.89. The highest BCUT2D eigenvalue weighted by molar-refractivity contribution is 7.86. The molecule has 0 bridgehead atoms. The van der Waals surface area contributed by atoms with E-state index in [1.165, 1.54) is 18.2 Å². The Kier molecular flexibility index (Phi) is 4.78. The topological polar surface area (TPSA) is 60.4 Å². The number of carbonyl (C=O) groups is 1. The highest BCUT2D eigenvalue weighted by Gasteiger charge is 2.04. The maximum Gasteiger partial charge on any atom is 0.306 e. The van der Waals surface area contributed by atoms with Gasteiger partial charge in [0.15, 0.2) is 5.78 Å². The molecule has 0 spiro atoms. The van der Waals surface area contributed by atoms with Crippen molar-refractivity contribution >= 4 is 22.0 Å². The summed E-state index contributed by atoms with van der Waals surface area (Å²) in [6.45, 7) is 1.96. The van der Waals surface area contributed by atoms with Crippen molar-refractivity contribution in [2.24, 2.45) is 0 Å². The van der Waals surface area contributed by atoms with Crippen molar-refractivity contribution in [3.63, 3.8) is 0 Å². The smallest absolute Gasteiger partial charge is 0.306 e. The van der Waals surface area contributed by atoms with Crippen LogP contribution in [0.5, 0.6) is 5.75 Å². The first kappa shape index (κ1) is 16.0. The number of allylic oxidation sites excluding steroid dienone is 1. The van der Waals surface area contributed by atoms with Crippen molar-refractivity contribution in [1.82, 2.24) is 0 Å². The second-order valence-electron chi connectivity index (χ2n) is 4.92. The quantitative estimate of drug-likeness (QED) is 0.483. The van der Waals surface area contributed by atoms with Crippen LogP contribution in [0.3, 0.4) is 0 Å². The lowest BCUT2D eigenvalue weighted by molar-refractivity contribution is 0.104. The Morgan fingerprint density at radius 1 is 1.00 bits per heavy atom. The van der Waals surface area contributed by atoms with Crippen LogP contribution in [0, 0.1) is 6.92 Å². The summed E-state index contributed by atoms with van der Waals surface area (Å²) in [7, 11) is -3.53. The number of hydrogen-bond donors (Lipinski definition) is 0. The lowest BCUT2D eigenvalue weighted by Crippen LogP contribution is -2.05. The Hall–Kier alpha value is -2.40. The van der Waals surface area contributed by atoms with E-state index >= 15 is 0 Å². The number of carbonyl (C=O) groups excluding carboxylic acids is 1. The van der Waals surface area contributed by atoms with Gasteiger partial charge in [-0.3, -0.25) is 4.79 Å². The molecule has 0 fully saturated rings. The maximum atomic E-state index is 12.0. The molecule has 2 rings (SSSR count). The van der Waals surface area contributed by atoms with Gasteiger partial charge in [0.1, 0.15) is 5.75 Å². The van der Waals surface area contributed by atoms with E-state index < -0.39 is 10.1 Å². The summed E-state index contributed by atoms with van der Waals surface area (Å²) < 4.78 is 26.7. The summed E-state index contributed by atoms with van der Waals surface area (Å²) in [4.78, 5) is 12.0. The Bertz CT molecular complexity index is 786. The number of hydrogen-bond acceptors (Lipinski definition) is 4. The molecule has 0 aliphatic carbocycles. The molecule has 4 nitrogen and oxygen atoms in total. The van der Waals surface area contributed by atoms with E-state index in [4.69, 9.17) is 4.18 Å². The first-order valence-electron chi connectivity index (χ1n) is 6.62. The lowest BCUT2D eigenvalue weighted by Gasteiger charge is -2.02. The van der Waals surface area contributed by atoms with Crippen molar-refractivity contribution in [1.29, 1.82) is 0 Å². The van der Waals surface area contributed by atoms with Crippen molar-refractivity contribution in [2.75, 3.05) is 6.26 Å². The zero-order chi connectivity index (χ0) is 16.2. The molecule has 0 unspecified atom stereocenters. The first-order chi connectivity index (χ1) is 10.3. The molecule has 114 valence electrons. The molecule has 2 aromatic carbocycles. The summed E-state index contributed by atoms with van der Waals surface area (Å²) in [5.74, 6) is 0.154. The Morgan fingerprint density at radius 2 is 1.59 bits per heavy atom. The van der Waals surface area contributed by atoms with Gasteiger partial charge in [-0.2, -0.15) is 8.42 Å². The predicted octanol–water partition coefficient (Wildman–Crippen LogP) is 3.23. The van der Waals surface area contributed by atoms with Gasteiger partial charge in [0, 0.05) is 5.56 Å². The first-order valence-corrected chi connectivity index (χ1v) is 8.44. The van der Waals surface area contributed by atoms with E-state index in [2.05, 4.69) is 0 Å². The fourth-order valence-electron chi connectivity index (χ4n) is 1.80. The van der Waals surface area contributed by atoms with E-state index in [0.717, 1.165) is 17.4 Å². The summed E-state index contributed by atoms with van der Waals surface area (Å²) in [6, 6.07) is 13.8.